The van der Waals surface area contributed by atoms with Crippen LogP contribution >= 0.6 is 0 Å². The molecule has 7 nitrogen and oxygen atoms in total. The number of benzene rings is 4. The summed E-state index contributed by atoms with van der Waals surface area (Å²) in [6.45, 7) is 1.54. The number of nitrogens with one attached hydrogen (secondary N) is 1. The van der Waals surface area contributed by atoms with E-state index in [1.807, 2.05) is 67.6 Å². The third-order valence-electron chi connectivity index (χ3n) is 6.65. The summed E-state index contributed by atoms with van der Waals surface area (Å²) in [4.78, 5) is 28.9. The van der Waals surface area contributed by atoms with Crippen LogP contribution in [0.5, 0.6) is 0 Å². The van der Waals surface area contributed by atoms with Gasteiger partial charge in [0.2, 0.25) is 11.8 Å². The van der Waals surface area contributed by atoms with Gasteiger partial charge in [-0.05, 0) is 42.3 Å². The van der Waals surface area contributed by atoms with E-state index in [0.717, 1.165) is 21.0 Å². The van der Waals surface area contributed by atoms with Gasteiger partial charge in [-0.1, -0.05) is 96.6 Å². The predicted octanol–water partition coefficient (Wildman–Crippen LogP) is 4.58. The number of rotatable bonds is 11. The molecule has 0 saturated heterocycles. The lowest BCUT2D eigenvalue weighted by Gasteiger charge is -2.33. The molecule has 0 aliphatic rings. The normalized spacial score (nSPS) is 11.8. The second kappa shape index (κ2) is 13.1. The number of para-hydroxylation sites is 1. The third kappa shape index (κ3) is 6.95. The molecule has 1 atom stereocenters. The minimum Gasteiger partial charge on any atom is -0.357 e. The molecule has 0 bridgehead atoms. The number of aryl methyl sites for hydroxylation is 1. The zero-order chi connectivity index (χ0) is 28.5. The van der Waals surface area contributed by atoms with Gasteiger partial charge in [-0.3, -0.25) is 13.9 Å². The first-order valence-corrected chi connectivity index (χ1v) is 14.5. The van der Waals surface area contributed by atoms with E-state index < -0.39 is 28.5 Å². The molecule has 0 heterocycles. The first-order chi connectivity index (χ1) is 19.3. The lowest BCUT2D eigenvalue weighted by molar-refractivity contribution is -0.139. The van der Waals surface area contributed by atoms with Gasteiger partial charge in [-0.25, -0.2) is 8.42 Å². The molecule has 4 aromatic rings. The van der Waals surface area contributed by atoms with E-state index in [2.05, 4.69) is 5.32 Å². The van der Waals surface area contributed by atoms with Crippen LogP contribution in [0.25, 0.3) is 0 Å². The molecule has 0 radical (unpaired) electrons. The molecule has 0 aromatic heterocycles. The Balaban J connectivity index is 1.75. The van der Waals surface area contributed by atoms with Gasteiger partial charge in [0, 0.05) is 20.0 Å². The molecule has 4 aromatic carbocycles. The first kappa shape index (κ1) is 28.6. The number of anilines is 1. The van der Waals surface area contributed by atoms with Gasteiger partial charge in [-0.15, -0.1) is 0 Å². The number of likely N-dealkylation sites (N-methyl/N-ethyl adjacent to an activating group) is 1. The third-order valence-corrected chi connectivity index (χ3v) is 8.43. The molecule has 0 saturated carbocycles. The lowest BCUT2D eigenvalue weighted by Crippen LogP contribution is -2.53. The fourth-order valence-corrected chi connectivity index (χ4v) is 5.88. The molecule has 40 heavy (non-hydrogen) atoms. The Morgan fingerprint density at radius 2 is 1.27 bits per heavy atom. The van der Waals surface area contributed by atoms with Gasteiger partial charge in [0.25, 0.3) is 10.0 Å². The predicted molar refractivity (Wildman–Crippen MR) is 157 cm³/mol. The first-order valence-electron chi connectivity index (χ1n) is 13.0. The van der Waals surface area contributed by atoms with E-state index in [0.29, 0.717) is 5.69 Å². The van der Waals surface area contributed by atoms with Crippen LogP contribution in [0.15, 0.2) is 120 Å². The van der Waals surface area contributed by atoms with E-state index in [1.54, 1.807) is 42.5 Å². The van der Waals surface area contributed by atoms with Crippen molar-refractivity contribution in [2.75, 3.05) is 17.9 Å². The Kier molecular flexibility index (Phi) is 9.35. The zero-order valence-electron chi connectivity index (χ0n) is 22.6. The molecule has 0 spiro atoms. The molecule has 2 amide bonds. The topological polar surface area (TPSA) is 86.8 Å². The van der Waals surface area contributed by atoms with Gasteiger partial charge in [0.1, 0.15) is 12.6 Å². The molecular formula is C32H33N3O4S. The second-order valence-electron chi connectivity index (χ2n) is 9.49. The Hall–Kier alpha value is -4.43. The maximum atomic E-state index is 14.2. The van der Waals surface area contributed by atoms with Gasteiger partial charge in [0.15, 0.2) is 0 Å². The van der Waals surface area contributed by atoms with Gasteiger partial charge >= 0.3 is 0 Å². The highest BCUT2D eigenvalue weighted by Crippen LogP contribution is 2.25. The summed E-state index contributed by atoms with van der Waals surface area (Å²) in [6.07, 6.45) is 0.273. The van der Waals surface area contributed by atoms with Crippen LogP contribution in [-0.4, -0.2) is 44.8 Å². The van der Waals surface area contributed by atoms with Crippen LogP contribution < -0.4 is 9.62 Å². The van der Waals surface area contributed by atoms with Gasteiger partial charge in [0.05, 0.1) is 10.6 Å². The number of hydrogen-bond donors (Lipinski definition) is 1. The number of amides is 2. The molecule has 0 fully saturated rings. The van der Waals surface area contributed by atoms with Crippen LogP contribution in [0, 0.1) is 6.92 Å². The van der Waals surface area contributed by atoms with Crippen molar-refractivity contribution in [2.24, 2.45) is 0 Å². The molecule has 0 aliphatic carbocycles. The Labute approximate surface area is 236 Å². The summed E-state index contributed by atoms with van der Waals surface area (Å²) < 4.78 is 28.9. The minimum atomic E-state index is -4.10. The summed E-state index contributed by atoms with van der Waals surface area (Å²) in [5.41, 5.74) is 2.99. The molecule has 206 valence electrons. The number of carbonyl (C=O) groups is 2. The smallest absolute Gasteiger partial charge is 0.264 e. The molecule has 4 rings (SSSR count). The fraction of sp³-hybridized carbons (Fsp3) is 0.188. The Morgan fingerprint density at radius 1 is 0.750 bits per heavy atom. The van der Waals surface area contributed by atoms with Crippen molar-refractivity contribution in [3.8, 4) is 0 Å². The number of nitrogens with zero attached hydrogens (tertiary/aromatic N) is 2. The molecule has 0 aliphatic heterocycles. The summed E-state index contributed by atoms with van der Waals surface area (Å²) in [5.74, 6) is -0.825. The summed E-state index contributed by atoms with van der Waals surface area (Å²) in [7, 11) is -2.57. The van der Waals surface area contributed by atoms with Crippen molar-refractivity contribution in [3.63, 3.8) is 0 Å². The van der Waals surface area contributed by atoms with Crippen molar-refractivity contribution in [3.05, 3.63) is 132 Å². The van der Waals surface area contributed by atoms with Crippen molar-refractivity contribution in [2.45, 2.75) is 30.8 Å². The molecular weight excluding hydrogens is 522 g/mol. The SMILES string of the molecule is CNC(=O)C(Cc1ccccc1)N(Cc1ccccc1)C(=O)CN(c1ccccc1)S(=O)(=O)c1ccc(C)cc1. The largest absolute Gasteiger partial charge is 0.357 e. The number of sulfonamides is 1. The highest BCUT2D eigenvalue weighted by atomic mass is 32.2. The van der Waals surface area contributed by atoms with E-state index in [-0.39, 0.29) is 23.8 Å². The zero-order valence-corrected chi connectivity index (χ0v) is 23.4. The highest BCUT2D eigenvalue weighted by molar-refractivity contribution is 7.92. The molecule has 1 unspecified atom stereocenters. The van der Waals surface area contributed by atoms with E-state index in [9.17, 15) is 18.0 Å². The van der Waals surface area contributed by atoms with Gasteiger partial charge in [-0.2, -0.15) is 0 Å². The highest BCUT2D eigenvalue weighted by Gasteiger charge is 2.34. The average molecular weight is 556 g/mol. The number of hydrogen-bond acceptors (Lipinski definition) is 4. The van der Waals surface area contributed by atoms with E-state index in [4.69, 9.17) is 0 Å². The Morgan fingerprint density at radius 3 is 1.82 bits per heavy atom. The van der Waals surface area contributed by atoms with Crippen molar-refractivity contribution in [1.29, 1.82) is 0 Å². The van der Waals surface area contributed by atoms with Crippen LogP contribution in [0.1, 0.15) is 16.7 Å². The lowest BCUT2D eigenvalue weighted by atomic mass is 10.0. The standard InChI is InChI=1S/C32H33N3O4S/c1-25-18-20-29(21-19-25)40(38,39)35(28-16-10-5-11-17-28)24-31(36)34(23-27-14-8-4-9-15-27)30(32(37)33-2)22-26-12-6-3-7-13-26/h3-21,30H,22-24H2,1-2H3,(H,33,37). The van der Waals surface area contributed by atoms with Crippen molar-refractivity contribution < 1.29 is 18.0 Å². The minimum absolute atomic E-state index is 0.0801. The monoisotopic (exact) mass is 555 g/mol. The summed E-state index contributed by atoms with van der Waals surface area (Å²) >= 11 is 0. The van der Waals surface area contributed by atoms with E-state index in [1.165, 1.54) is 24.1 Å². The van der Waals surface area contributed by atoms with Crippen LogP contribution in [0.3, 0.4) is 0 Å². The van der Waals surface area contributed by atoms with Gasteiger partial charge < -0.3 is 10.2 Å². The second-order valence-corrected chi connectivity index (χ2v) is 11.3. The number of carbonyl (C=O) groups excluding carboxylic acids is 2. The van der Waals surface area contributed by atoms with Crippen molar-refractivity contribution >= 4 is 27.5 Å². The molecule has 1 N–H and O–H groups in total. The fourth-order valence-electron chi connectivity index (χ4n) is 4.46. The average Bonchev–Trinajstić information content (AvgIpc) is 2.98. The quantitative estimate of drug-likeness (QED) is 0.294. The van der Waals surface area contributed by atoms with Crippen LogP contribution in [0.4, 0.5) is 5.69 Å². The molecule has 8 heteroatoms. The summed E-state index contributed by atoms with van der Waals surface area (Å²) in [5, 5.41) is 2.69. The van der Waals surface area contributed by atoms with E-state index >= 15 is 0 Å². The van der Waals surface area contributed by atoms with Crippen molar-refractivity contribution in [1.82, 2.24) is 10.2 Å². The Bertz CT molecular complexity index is 1510. The maximum Gasteiger partial charge on any atom is 0.264 e. The van der Waals surface area contributed by atoms with Crippen LogP contribution in [0.2, 0.25) is 0 Å². The van der Waals surface area contributed by atoms with Crippen LogP contribution in [-0.2, 0) is 32.6 Å². The maximum absolute atomic E-state index is 14.2. The summed E-state index contributed by atoms with van der Waals surface area (Å²) in [6, 6.07) is 33.0.